The van der Waals surface area contributed by atoms with E-state index in [4.69, 9.17) is 17.3 Å². The Morgan fingerprint density at radius 2 is 2.07 bits per heavy atom. The molecule has 1 aromatic carbocycles. The Kier molecular flexibility index (Phi) is 3.11. The van der Waals surface area contributed by atoms with E-state index >= 15 is 0 Å². The SMILES string of the molecule is NC(=Nc1cccc(Cl)c1)N1CCCC1. The number of benzene rings is 1. The van der Waals surface area contributed by atoms with Crippen molar-refractivity contribution in [2.24, 2.45) is 10.7 Å². The first-order chi connectivity index (χ1) is 7.25. The summed E-state index contributed by atoms with van der Waals surface area (Å²) in [5.41, 5.74) is 6.71. The van der Waals surface area contributed by atoms with Gasteiger partial charge in [-0.25, -0.2) is 4.99 Å². The van der Waals surface area contributed by atoms with Crippen LogP contribution >= 0.6 is 11.6 Å². The maximum Gasteiger partial charge on any atom is 0.196 e. The molecule has 0 radical (unpaired) electrons. The first-order valence-electron chi connectivity index (χ1n) is 5.10. The van der Waals surface area contributed by atoms with Crippen molar-refractivity contribution < 1.29 is 0 Å². The van der Waals surface area contributed by atoms with Crippen LogP contribution in [0, 0.1) is 0 Å². The van der Waals surface area contributed by atoms with Crippen molar-refractivity contribution >= 4 is 23.2 Å². The predicted octanol–water partition coefficient (Wildman–Crippen LogP) is 2.38. The Morgan fingerprint density at radius 3 is 2.73 bits per heavy atom. The Labute approximate surface area is 94.5 Å². The Balaban J connectivity index is 2.14. The smallest absolute Gasteiger partial charge is 0.196 e. The summed E-state index contributed by atoms with van der Waals surface area (Å²) in [5, 5.41) is 0.686. The molecule has 1 aromatic rings. The molecule has 2 N–H and O–H groups in total. The van der Waals surface area contributed by atoms with E-state index in [1.54, 1.807) is 0 Å². The molecule has 0 amide bonds. The van der Waals surface area contributed by atoms with Gasteiger partial charge in [-0.3, -0.25) is 0 Å². The van der Waals surface area contributed by atoms with Crippen molar-refractivity contribution in [2.45, 2.75) is 12.8 Å². The molecule has 0 unspecified atom stereocenters. The van der Waals surface area contributed by atoms with Crippen molar-refractivity contribution in [1.82, 2.24) is 4.90 Å². The summed E-state index contributed by atoms with van der Waals surface area (Å²) in [5.74, 6) is 0.592. The molecular formula is C11H14ClN3. The second-order valence-electron chi connectivity index (χ2n) is 3.64. The van der Waals surface area contributed by atoms with Crippen molar-refractivity contribution in [3.05, 3.63) is 29.3 Å². The second-order valence-corrected chi connectivity index (χ2v) is 4.08. The third kappa shape index (κ3) is 2.63. The third-order valence-corrected chi connectivity index (χ3v) is 2.72. The molecule has 3 nitrogen and oxygen atoms in total. The highest BCUT2D eigenvalue weighted by molar-refractivity contribution is 6.30. The van der Waals surface area contributed by atoms with Crippen molar-refractivity contribution in [3.8, 4) is 0 Å². The number of nitrogens with two attached hydrogens (primary N) is 1. The van der Waals surface area contributed by atoms with Gasteiger partial charge in [0.05, 0.1) is 5.69 Å². The summed E-state index contributed by atoms with van der Waals surface area (Å²) in [7, 11) is 0. The molecular weight excluding hydrogens is 210 g/mol. The van der Waals surface area contributed by atoms with Crippen LogP contribution in [0.4, 0.5) is 5.69 Å². The van der Waals surface area contributed by atoms with Crippen LogP contribution in [-0.2, 0) is 0 Å². The summed E-state index contributed by atoms with van der Waals surface area (Å²) < 4.78 is 0. The number of rotatable bonds is 1. The third-order valence-electron chi connectivity index (χ3n) is 2.48. The van der Waals surface area contributed by atoms with Crippen molar-refractivity contribution in [2.75, 3.05) is 13.1 Å². The van der Waals surface area contributed by atoms with Gasteiger partial charge in [0.1, 0.15) is 0 Å². The summed E-state index contributed by atoms with van der Waals surface area (Å²) >= 11 is 5.86. The van der Waals surface area contributed by atoms with E-state index in [9.17, 15) is 0 Å². The second kappa shape index (κ2) is 4.53. The van der Waals surface area contributed by atoms with Gasteiger partial charge in [0, 0.05) is 18.1 Å². The Hall–Kier alpha value is -1.22. The number of nitrogens with zero attached hydrogens (tertiary/aromatic N) is 2. The van der Waals surface area contributed by atoms with Crippen LogP contribution in [0.1, 0.15) is 12.8 Å². The average Bonchev–Trinajstić information content (AvgIpc) is 2.70. The van der Waals surface area contributed by atoms with Gasteiger partial charge in [0.25, 0.3) is 0 Å². The quantitative estimate of drug-likeness (QED) is 0.587. The number of guanidine groups is 1. The largest absolute Gasteiger partial charge is 0.369 e. The molecule has 1 fully saturated rings. The zero-order valence-electron chi connectivity index (χ0n) is 8.49. The maximum atomic E-state index is 5.89. The highest BCUT2D eigenvalue weighted by Crippen LogP contribution is 2.18. The lowest BCUT2D eigenvalue weighted by atomic mass is 10.3. The van der Waals surface area contributed by atoms with Crippen LogP contribution in [-0.4, -0.2) is 23.9 Å². The van der Waals surface area contributed by atoms with E-state index in [-0.39, 0.29) is 0 Å². The summed E-state index contributed by atoms with van der Waals surface area (Å²) in [6.07, 6.45) is 2.40. The van der Waals surface area contributed by atoms with Gasteiger partial charge < -0.3 is 10.6 Å². The minimum absolute atomic E-state index is 0.592. The number of hydrogen-bond donors (Lipinski definition) is 1. The minimum Gasteiger partial charge on any atom is -0.369 e. The molecule has 0 aromatic heterocycles. The Bertz CT molecular complexity index is 370. The summed E-state index contributed by atoms with van der Waals surface area (Å²) in [6, 6.07) is 7.41. The average molecular weight is 224 g/mol. The van der Waals surface area contributed by atoms with Crippen LogP contribution in [0.2, 0.25) is 5.02 Å². The lowest BCUT2D eigenvalue weighted by Crippen LogP contribution is -2.34. The zero-order chi connectivity index (χ0) is 10.7. The molecule has 15 heavy (non-hydrogen) atoms. The molecule has 0 bridgehead atoms. The van der Waals surface area contributed by atoms with Gasteiger partial charge in [0.2, 0.25) is 0 Å². The number of likely N-dealkylation sites (tertiary alicyclic amines) is 1. The van der Waals surface area contributed by atoms with Crippen molar-refractivity contribution in [3.63, 3.8) is 0 Å². The fourth-order valence-electron chi connectivity index (χ4n) is 1.69. The molecule has 1 saturated heterocycles. The van der Waals surface area contributed by atoms with Gasteiger partial charge in [-0.15, -0.1) is 0 Å². The van der Waals surface area contributed by atoms with Crippen LogP contribution < -0.4 is 5.73 Å². The fraction of sp³-hybridized carbons (Fsp3) is 0.364. The van der Waals surface area contributed by atoms with E-state index < -0.39 is 0 Å². The number of aliphatic imine (C=N–C) groups is 1. The molecule has 0 spiro atoms. The molecule has 0 aliphatic carbocycles. The van der Waals surface area contributed by atoms with E-state index in [1.165, 1.54) is 12.8 Å². The monoisotopic (exact) mass is 223 g/mol. The van der Waals surface area contributed by atoms with Gasteiger partial charge in [-0.05, 0) is 31.0 Å². The first kappa shape index (κ1) is 10.3. The number of hydrogen-bond acceptors (Lipinski definition) is 1. The molecule has 1 aliphatic rings. The summed E-state index contributed by atoms with van der Waals surface area (Å²) in [6.45, 7) is 2.02. The zero-order valence-corrected chi connectivity index (χ0v) is 9.24. The topological polar surface area (TPSA) is 41.6 Å². The first-order valence-corrected chi connectivity index (χ1v) is 5.48. The molecule has 80 valence electrons. The molecule has 0 atom stereocenters. The van der Waals surface area contributed by atoms with E-state index in [2.05, 4.69) is 9.89 Å². The van der Waals surface area contributed by atoms with Crippen LogP contribution in [0.15, 0.2) is 29.3 Å². The predicted molar refractivity (Wildman–Crippen MR) is 63.5 cm³/mol. The van der Waals surface area contributed by atoms with Crippen LogP contribution in [0.3, 0.4) is 0 Å². The number of halogens is 1. The summed E-state index contributed by atoms with van der Waals surface area (Å²) in [4.78, 5) is 6.44. The minimum atomic E-state index is 0.592. The van der Waals surface area contributed by atoms with Gasteiger partial charge >= 0.3 is 0 Å². The fourth-order valence-corrected chi connectivity index (χ4v) is 1.88. The van der Waals surface area contributed by atoms with Crippen LogP contribution in [0.5, 0.6) is 0 Å². The molecule has 2 rings (SSSR count). The normalized spacial score (nSPS) is 17.1. The molecule has 1 heterocycles. The van der Waals surface area contributed by atoms with Gasteiger partial charge in [0.15, 0.2) is 5.96 Å². The van der Waals surface area contributed by atoms with Crippen molar-refractivity contribution in [1.29, 1.82) is 0 Å². The van der Waals surface area contributed by atoms with E-state index in [0.29, 0.717) is 11.0 Å². The van der Waals surface area contributed by atoms with Gasteiger partial charge in [-0.2, -0.15) is 0 Å². The lowest BCUT2D eigenvalue weighted by molar-refractivity contribution is 0.513. The van der Waals surface area contributed by atoms with E-state index in [1.807, 2.05) is 24.3 Å². The van der Waals surface area contributed by atoms with Crippen LogP contribution in [0.25, 0.3) is 0 Å². The molecule has 1 aliphatic heterocycles. The molecule has 0 saturated carbocycles. The van der Waals surface area contributed by atoms with E-state index in [0.717, 1.165) is 18.8 Å². The maximum absolute atomic E-state index is 5.89. The highest BCUT2D eigenvalue weighted by Gasteiger charge is 2.13. The molecule has 4 heteroatoms. The van der Waals surface area contributed by atoms with Gasteiger partial charge in [-0.1, -0.05) is 17.7 Å². The lowest BCUT2D eigenvalue weighted by Gasteiger charge is -2.15. The Morgan fingerprint density at radius 1 is 1.33 bits per heavy atom. The standard InChI is InChI=1S/C11H14ClN3/c12-9-4-3-5-10(8-9)14-11(13)15-6-1-2-7-15/h3-5,8H,1-2,6-7H2,(H2,13,14). The highest BCUT2D eigenvalue weighted by atomic mass is 35.5.